The zero-order valence-electron chi connectivity index (χ0n) is 13.8. The molecule has 4 heteroatoms. The summed E-state index contributed by atoms with van der Waals surface area (Å²) in [5.74, 6) is 0.904. The first-order valence-corrected chi connectivity index (χ1v) is 8.60. The van der Waals surface area contributed by atoms with Crippen molar-refractivity contribution in [3.05, 3.63) is 79.3 Å². The van der Waals surface area contributed by atoms with Crippen LogP contribution in [0.4, 0.5) is 0 Å². The van der Waals surface area contributed by atoms with Gasteiger partial charge < -0.3 is 4.98 Å². The third-order valence-corrected chi connectivity index (χ3v) is 5.08. The quantitative estimate of drug-likeness (QED) is 0.449. The van der Waals surface area contributed by atoms with E-state index < -0.39 is 0 Å². The number of H-pyrrole nitrogens is 1. The second-order valence-electron chi connectivity index (χ2n) is 6.50. The number of aromatic amines is 1. The fourth-order valence-electron chi connectivity index (χ4n) is 3.93. The molecule has 0 aliphatic heterocycles. The minimum absolute atomic E-state index is 0.904. The van der Waals surface area contributed by atoms with Gasteiger partial charge in [-0.15, -0.1) is 0 Å². The number of pyridine rings is 2. The highest BCUT2D eigenvalue weighted by Crippen LogP contribution is 2.32. The summed E-state index contributed by atoms with van der Waals surface area (Å²) in [6, 6.07) is 21.0. The maximum Gasteiger partial charge on any atom is 0.138 e. The van der Waals surface area contributed by atoms with Gasteiger partial charge in [0, 0.05) is 33.3 Å². The van der Waals surface area contributed by atoms with E-state index in [1.54, 1.807) is 0 Å². The Labute approximate surface area is 148 Å². The maximum atomic E-state index is 4.75. The highest BCUT2D eigenvalue weighted by molar-refractivity contribution is 6.10. The molecule has 0 saturated heterocycles. The van der Waals surface area contributed by atoms with Crippen LogP contribution >= 0.6 is 0 Å². The minimum Gasteiger partial charge on any atom is -0.353 e. The third-order valence-electron chi connectivity index (χ3n) is 5.08. The molecule has 0 bridgehead atoms. The van der Waals surface area contributed by atoms with Crippen molar-refractivity contribution in [1.82, 2.24) is 19.5 Å². The molecule has 0 amide bonds. The smallest absolute Gasteiger partial charge is 0.138 e. The van der Waals surface area contributed by atoms with Crippen molar-refractivity contribution >= 4 is 43.6 Å². The molecule has 1 N–H and O–H groups in total. The Morgan fingerprint density at radius 3 is 2.46 bits per heavy atom. The van der Waals surface area contributed by atoms with Gasteiger partial charge in [-0.05, 0) is 24.3 Å². The number of nitrogens with one attached hydrogen (secondary N) is 1. The standard InChI is InChI=1S/C22H14N4/c1-3-7-18-14(5-1)17-11-22(24-12-19(17)25-18)26-20-8-4-2-6-15(20)16-9-10-23-13-21(16)26/h1-13,25H. The van der Waals surface area contributed by atoms with E-state index in [0.29, 0.717) is 0 Å². The lowest BCUT2D eigenvalue weighted by molar-refractivity contribution is 1.08. The lowest BCUT2D eigenvalue weighted by Gasteiger charge is -2.06. The fourth-order valence-corrected chi connectivity index (χ4v) is 3.93. The molecule has 0 unspecified atom stereocenters. The Morgan fingerprint density at radius 1 is 0.692 bits per heavy atom. The summed E-state index contributed by atoms with van der Waals surface area (Å²) in [6.07, 6.45) is 5.67. The molecule has 26 heavy (non-hydrogen) atoms. The van der Waals surface area contributed by atoms with E-state index in [2.05, 4.69) is 69.1 Å². The van der Waals surface area contributed by atoms with Gasteiger partial charge in [0.2, 0.25) is 0 Å². The molecule has 0 spiro atoms. The summed E-state index contributed by atoms with van der Waals surface area (Å²) in [4.78, 5) is 12.5. The summed E-state index contributed by atoms with van der Waals surface area (Å²) in [6.45, 7) is 0. The van der Waals surface area contributed by atoms with E-state index in [1.807, 2.05) is 24.7 Å². The normalized spacial score (nSPS) is 11.8. The number of fused-ring (bicyclic) bond motifs is 6. The van der Waals surface area contributed by atoms with E-state index in [1.165, 1.54) is 21.5 Å². The van der Waals surface area contributed by atoms with Crippen LogP contribution in [-0.2, 0) is 0 Å². The fraction of sp³-hybridized carbons (Fsp3) is 0. The Balaban J connectivity index is 1.76. The van der Waals surface area contributed by atoms with Crippen molar-refractivity contribution in [2.45, 2.75) is 0 Å². The van der Waals surface area contributed by atoms with E-state index in [-0.39, 0.29) is 0 Å². The molecule has 0 saturated carbocycles. The number of nitrogens with zero attached hydrogens (tertiary/aromatic N) is 3. The number of aromatic nitrogens is 4. The molecule has 2 aromatic carbocycles. The summed E-state index contributed by atoms with van der Waals surface area (Å²) in [5.41, 5.74) is 4.39. The van der Waals surface area contributed by atoms with Crippen LogP contribution in [0.1, 0.15) is 0 Å². The van der Waals surface area contributed by atoms with Gasteiger partial charge in [0.05, 0.1) is 28.9 Å². The molecule has 122 valence electrons. The van der Waals surface area contributed by atoms with Gasteiger partial charge in [0.15, 0.2) is 0 Å². The largest absolute Gasteiger partial charge is 0.353 e. The topological polar surface area (TPSA) is 46.5 Å². The molecule has 4 nitrogen and oxygen atoms in total. The summed E-state index contributed by atoms with van der Waals surface area (Å²) in [7, 11) is 0. The Bertz CT molecular complexity index is 1390. The Kier molecular flexibility index (Phi) is 2.58. The van der Waals surface area contributed by atoms with Crippen LogP contribution in [0.2, 0.25) is 0 Å². The maximum absolute atomic E-state index is 4.75. The van der Waals surface area contributed by atoms with Crippen LogP contribution in [0.3, 0.4) is 0 Å². The molecule has 0 atom stereocenters. The van der Waals surface area contributed by atoms with Crippen LogP contribution in [0, 0.1) is 0 Å². The van der Waals surface area contributed by atoms with Crippen LogP contribution in [0.5, 0.6) is 0 Å². The molecule has 0 aliphatic rings. The van der Waals surface area contributed by atoms with E-state index in [0.717, 1.165) is 27.9 Å². The van der Waals surface area contributed by atoms with Crippen molar-refractivity contribution < 1.29 is 0 Å². The zero-order valence-corrected chi connectivity index (χ0v) is 13.8. The number of rotatable bonds is 1. The summed E-state index contributed by atoms with van der Waals surface area (Å²) < 4.78 is 2.19. The average Bonchev–Trinajstić information content (AvgIpc) is 3.23. The number of para-hydroxylation sites is 2. The number of benzene rings is 2. The molecule has 4 heterocycles. The average molecular weight is 334 g/mol. The Hall–Kier alpha value is -3.66. The van der Waals surface area contributed by atoms with E-state index in [4.69, 9.17) is 4.98 Å². The molecule has 6 rings (SSSR count). The van der Waals surface area contributed by atoms with Crippen molar-refractivity contribution in [1.29, 1.82) is 0 Å². The molecule has 6 aromatic rings. The van der Waals surface area contributed by atoms with Crippen molar-refractivity contribution in [3.63, 3.8) is 0 Å². The molecule has 4 aromatic heterocycles. The molecule has 0 fully saturated rings. The predicted octanol–water partition coefficient (Wildman–Crippen LogP) is 5.21. The van der Waals surface area contributed by atoms with Crippen LogP contribution in [0.15, 0.2) is 79.3 Å². The second kappa shape index (κ2) is 4.92. The first kappa shape index (κ1) is 13.6. The van der Waals surface area contributed by atoms with Gasteiger partial charge in [-0.3, -0.25) is 9.55 Å². The van der Waals surface area contributed by atoms with Crippen LogP contribution in [0.25, 0.3) is 49.4 Å². The minimum atomic E-state index is 0.904. The third kappa shape index (κ3) is 1.73. The number of hydrogen-bond acceptors (Lipinski definition) is 2. The first-order valence-electron chi connectivity index (χ1n) is 8.60. The van der Waals surface area contributed by atoms with Gasteiger partial charge in [-0.1, -0.05) is 36.4 Å². The lowest BCUT2D eigenvalue weighted by Crippen LogP contribution is -1.97. The SMILES string of the molecule is c1ccc2c(c1)[nH]c1cnc(-n3c4ccccc4c4ccncc43)cc12. The summed E-state index contributed by atoms with van der Waals surface area (Å²) >= 11 is 0. The van der Waals surface area contributed by atoms with Gasteiger partial charge >= 0.3 is 0 Å². The highest BCUT2D eigenvalue weighted by atomic mass is 15.1. The number of hydrogen-bond donors (Lipinski definition) is 1. The predicted molar refractivity (Wildman–Crippen MR) is 106 cm³/mol. The molecule has 0 radical (unpaired) electrons. The van der Waals surface area contributed by atoms with E-state index in [9.17, 15) is 0 Å². The highest BCUT2D eigenvalue weighted by Gasteiger charge is 2.14. The first-order chi connectivity index (χ1) is 12.9. The lowest BCUT2D eigenvalue weighted by atomic mass is 10.2. The van der Waals surface area contributed by atoms with Crippen LogP contribution in [-0.4, -0.2) is 19.5 Å². The Morgan fingerprint density at radius 2 is 1.50 bits per heavy atom. The molecular weight excluding hydrogens is 320 g/mol. The van der Waals surface area contributed by atoms with Crippen molar-refractivity contribution in [3.8, 4) is 5.82 Å². The second-order valence-corrected chi connectivity index (χ2v) is 6.50. The summed E-state index contributed by atoms with van der Waals surface area (Å²) in [5, 5.41) is 4.80. The molecular formula is C22H14N4. The van der Waals surface area contributed by atoms with Gasteiger partial charge in [0.25, 0.3) is 0 Å². The van der Waals surface area contributed by atoms with Crippen molar-refractivity contribution in [2.75, 3.05) is 0 Å². The van der Waals surface area contributed by atoms with Gasteiger partial charge in [-0.25, -0.2) is 4.98 Å². The van der Waals surface area contributed by atoms with Gasteiger partial charge in [-0.2, -0.15) is 0 Å². The monoisotopic (exact) mass is 334 g/mol. The zero-order chi connectivity index (χ0) is 17.1. The van der Waals surface area contributed by atoms with Crippen molar-refractivity contribution in [2.24, 2.45) is 0 Å². The molecule has 0 aliphatic carbocycles. The van der Waals surface area contributed by atoms with Crippen LogP contribution < -0.4 is 0 Å². The van der Waals surface area contributed by atoms with Gasteiger partial charge in [0.1, 0.15) is 5.82 Å². The van der Waals surface area contributed by atoms with E-state index >= 15 is 0 Å².